The predicted molar refractivity (Wildman–Crippen MR) is 103 cm³/mol. The Morgan fingerprint density at radius 3 is 2.56 bits per heavy atom. The maximum atomic E-state index is 12.1. The lowest BCUT2D eigenvalue weighted by atomic mass is 10.0. The molecule has 3 N–H and O–H groups in total. The average molecular weight is 382 g/mol. The van der Waals surface area contributed by atoms with Crippen LogP contribution in [-0.2, 0) is 4.79 Å². The number of hydrogen-bond donors (Lipinski definition) is 2. The number of halogens is 1. The molecule has 1 atom stereocenters. The van der Waals surface area contributed by atoms with Gasteiger partial charge in [-0.1, -0.05) is 37.2 Å². The van der Waals surface area contributed by atoms with Crippen LogP contribution >= 0.6 is 23.4 Å². The van der Waals surface area contributed by atoms with Crippen LogP contribution in [0, 0.1) is 5.92 Å². The predicted octanol–water partition coefficient (Wildman–Crippen LogP) is 3.35. The molecule has 25 heavy (non-hydrogen) atoms. The minimum Gasteiger partial charge on any atom is -0.353 e. The van der Waals surface area contributed by atoms with E-state index < -0.39 is 0 Å². The summed E-state index contributed by atoms with van der Waals surface area (Å²) in [7, 11) is 0. The maximum absolute atomic E-state index is 12.1. The summed E-state index contributed by atoms with van der Waals surface area (Å²) < 4.78 is 1.39. The van der Waals surface area contributed by atoms with E-state index in [1.165, 1.54) is 16.4 Å². The fraction of sp³-hybridized carbons (Fsp3) is 0.471. The number of amides is 1. The van der Waals surface area contributed by atoms with Gasteiger partial charge in [-0.2, -0.15) is 0 Å². The van der Waals surface area contributed by atoms with E-state index in [0.717, 1.165) is 18.4 Å². The minimum absolute atomic E-state index is 0.0303. The molecule has 2 aromatic rings. The quantitative estimate of drug-likeness (QED) is 0.541. The lowest BCUT2D eigenvalue weighted by Crippen LogP contribution is -2.34. The number of carbonyl (C=O) groups excluding carboxylic acids is 1. The normalized spacial score (nSPS) is 12.4. The molecule has 0 aliphatic heterocycles. The lowest BCUT2D eigenvalue weighted by molar-refractivity contribution is -0.119. The monoisotopic (exact) mass is 381 g/mol. The number of nitrogen functional groups attached to an aromatic ring is 1. The van der Waals surface area contributed by atoms with Crippen molar-refractivity contribution in [3.05, 3.63) is 29.3 Å². The molecule has 0 saturated heterocycles. The van der Waals surface area contributed by atoms with Crippen molar-refractivity contribution < 1.29 is 4.79 Å². The van der Waals surface area contributed by atoms with Crippen LogP contribution in [0.1, 0.15) is 33.6 Å². The smallest absolute Gasteiger partial charge is 0.230 e. The zero-order chi connectivity index (χ0) is 18.4. The zero-order valence-electron chi connectivity index (χ0n) is 14.7. The van der Waals surface area contributed by atoms with E-state index in [1.807, 2.05) is 19.1 Å². The van der Waals surface area contributed by atoms with Crippen LogP contribution < -0.4 is 11.2 Å². The first-order chi connectivity index (χ1) is 11.9. The highest BCUT2D eigenvalue weighted by atomic mass is 35.5. The third-order valence-electron chi connectivity index (χ3n) is 3.68. The number of aromatic nitrogens is 3. The molecular weight excluding hydrogens is 358 g/mol. The zero-order valence-corrected chi connectivity index (χ0v) is 16.3. The summed E-state index contributed by atoms with van der Waals surface area (Å²) in [5.41, 5.74) is 0.818. The van der Waals surface area contributed by atoms with Crippen LogP contribution in [0.4, 0.5) is 0 Å². The topological polar surface area (TPSA) is 85.8 Å². The Bertz CT molecular complexity index is 702. The van der Waals surface area contributed by atoms with Crippen molar-refractivity contribution in [3.8, 4) is 11.4 Å². The molecule has 136 valence electrons. The summed E-state index contributed by atoms with van der Waals surface area (Å²) in [6, 6.07) is 7.35. The maximum Gasteiger partial charge on any atom is 0.230 e. The molecule has 0 unspecified atom stereocenters. The number of nitrogens with zero attached hydrogens (tertiary/aromatic N) is 3. The molecule has 1 amide bonds. The molecule has 0 saturated carbocycles. The SMILES string of the molecule is CC(C)CC[C@@H](C)NC(=O)CSc1nnc(-c2ccc(Cl)cc2)n1N. The van der Waals surface area contributed by atoms with Crippen molar-refractivity contribution in [2.45, 2.75) is 44.8 Å². The molecule has 1 aromatic heterocycles. The molecule has 0 fully saturated rings. The van der Waals surface area contributed by atoms with Crippen LogP contribution in [0.15, 0.2) is 29.4 Å². The highest BCUT2D eigenvalue weighted by Crippen LogP contribution is 2.22. The third-order valence-corrected chi connectivity index (χ3v) is 4.88. The minimum atomic E-state index is -0.0303. The van der Waals surface area contributed by atoms with Gasteiger partial charge in [-0.25, -0.2) is 4.68 Å². The van der Waals surface area contributed by atoms with Crippen LogP contribution in [0.25, 0.3) is 11.4 Å². The molecule has 6 nitrogen and oxygen atoms in total. The lowest BCUT2D eigenvalue weighted by Gasteiger charge is -2.14. The Labute approximate surface area is 157 Å². The van der Waals surface area contributed by atoms with Gasteiger partial charge in [0.1, 0.15) is 0 Å². The molecule has 2 rings (SSSR count). The van der Waals surface area contributed by atoms with E-state index in [-0.39, 0.29) is 17.7 Å². The number of nitrogens with two attached hydrogens (primary N) is 1. The van der Waals surface area contributed by atoms with Crippen molar-refractivity contribution in [2.75, 3.05) is 11.6 Å². The van der Waals surface area contributed by atoms with Gasteiger partial charge in [0, 0.05) is 16.6 Å². The van der Waals surface area contributed by atoms with Crippen molar-refractivity contribution in [1.29, 1.82) is 0 Å². The summed E-state index contributed by atoms with van der Waals surface area (Å²) in [6.45, 7) is 6.38. The van der Waals surface area contributed by atoms with Crippen LogP contribution in [0.5, 0.6) is 0 Å². The number of nitrogens with one attached hydrogen (secondary N) is 1. The standard InChI is InChI=1S/C17H24ClN5OS/c1-11(2)4-5-12(3)20-15(24)10-25-17-22-21-16(23(17)19)13-6-8-14(18)9-7-13/h6-9,11-12H,4-5,10,19H2,1-3H3,(H,20,24)/t12-/m1/s1. The van der Waals surface area contributed by atoms with Gasteiger partial charge in [0.15, 0.2) is 5.82 Å². The van der Waals surface area contributed by atoms with Crippen LogP contribution in [0.2, 0.25) is 5.02 Å². The first kappa shape index (κ1) is 19.6. The summed E-state index contributed by atoms with van der Waals surface area (Å²) in [4.78, 5) is 12.1. The van der Waals surface area contributed by atoms with Crippen molar-refractivity contribution >= 4 is 29.3 Å². The van der Waals surface area contributed by atoms with E-state index in [9.17, 15) is 4.79 Å². The van der Waals surface area contributed by atoms with E-state index in [1.54, 1.807) is 12.1 Å². The molecular formula is C17H24ClN5OS. The Hall–Kier alpha value is -1.73. The van der Waals surface area contributed by atoms with Crippen molar-refractivity contribution in [1.82, 2.24) is 20.2 Å². The van der Waals surface area contributed by atoms with Crippen LogP contribution in [0.3, 0.4) is 0 Å². The number of rotatable bonds is 8. The highest BCUT2D eigenvalue weighted by Gasteiger charge is 2.15. The Kier molecular flexibility index (Phi) is 7.13. The second kappa shape index (κ2) is 9.10. The second-order valence-corrected chi connectivity index (χ2v) is 7.79. The number of hydrogen-bond acceptors (Lipinski definition) is 5. The number of thioether (sulfide) groups is 1. The van der Waals surface area contributed by atoms with E-state index >= 15 is 0 Å². The largest absolute Gasteiger partial charge is 0.353 e. The van der Waals surface area contributed by atoms with Gasteiger partial charge < -0.3 is 11.2 Å². The van der Waals surface area contributed by atoms with Crippen LogP contribution in [-0.4, -0.2) is 32.6 Å². The molecule has 0 spiro atoms. The number of benzene rings is 1. The fourth-order valence-electron chi connectivity index (χ4n) is 2.27. The van der Waals surface area contributed by atoms with E-state index in [2.05, 4.69) is 29.4 Å². The second-order valence-electron chi connectivity index (χ2n) is 6.41. The van der Waals surface area contributed by atoms with E-state index in [0.29, 0.717) is 21.9 Å². The molecule has 0 aliphatic carbocycles. The van der Waals surface area contributed by atoms with Gasteiger partial charge in [0.25, 0.3) is 0 Å². The first-order valence-electron chi connectivity index (χ1n) is 8.25. The molecule has 1 heterocycles. The summed E-state index contributed by atoms with van der Waals surface area (Å²) in [5, 5.41) is 12.3. The van der Waals surface area contributed by atoms with Gasteiger partial charge in [0.05, 0.1) is 5.75 Å². The summed E-state index contributed by atoms with van der Waals surface area (Å²) >= 11 is 7.15. The van der Waals surface area contributed by atoms with Crippen molar-refractivity contribution in [2.24, 2.45) is 5.92 Å². The molecule has 8 heteroatoms. The Morgan fingerprint density at radius 1 is 1.24 bits per heavy atom. The van der Waals surface area contributed by atoms with Crippen molar-refractivity contribution in [3.63, 3.8) is 0 Å². The number of carbonyl (C=O) groups is 1. The third kappa shape index (κ3) is 5.93. The fourth-order valence-corrected chi connectivity index (χ4v) is 3.07. The molecule has 0 aliphatic rings. The molecule has 0 radical (unpaired) electrons. The molecule has 0 bridgehead atoms. The van der Waals surface area contributed by atoms with Gasteiger partial charge in [-0.15, -0.1) is 10.2 Å². The average Bonchev–Trinajstić information content (AvgIpc) is 2.92. The van der Waals surface area contributed by atoms with Gasteiger partial charge in [0.2, 0.25) is 11.1 Å². The van der Waals surface area contributed by atoms with Gasteiger partial charge in [-0.05, 0) is 49.9 Å². The van der Waals surface area contributed by atoms with Gasteiger partial charge in [-0.3, -0.25) is 4.79 Å². The Balaban J connectivity index is 1.89. The summed E-state index contributed by atoms with van der Waals surface area (Å²) in [5.74, 6) is 7.44. The highest BCUT2D eigenvalue weighted by molar-refractivity contribution is 7.99. The first-order valence-corrected chi connectivity index (χ1v) is 9.61. The van der Waals surface area contributed by atoms with Gasteiger partial charge >= 0.3 is 0 Å². The van der Waals surface area contributed by atoms with E-state index in [4.69, 9.17) is 17.4 Å². The molecule has 1 aromatic carbocycles. The summed E-state index contributed by atoms with van der Waals surface area (Å²) in [6.07, 6.45) is 2.07. The Morgan fingerprint density at radius 2 is 1.92 bits per heavy atom.